The molecule has 18 nitrogen and oxygen atoms in total. The Labute approximate surface area is 356 Å². The number of fused-ring (bicyclic) bond motifs is 1. The van der Waals surface area contributed by atoms with Crippen LogP contribution in [-0.4, -0.2) is 114 Å². The van der Waals surface area contributed by atoms with Gasteiger partial charge in [0.2, 0.25) is 11.8 Å². The van der Waals surface area contributed by atoms with Gasteiger partial charge in [-0.3, -0.25) is 33.7 Å². The van der Waals surface area contributed by atoms with E-state index in [9.17, 15) is 38.4 Å². The second kappa shape index (κ2) is 21.5. The van der Waals surface area contributed by atoms with Crippen molar-refractivity contribution in [3.63, 3.8) is 0 Å². The summed E-state index contributed by atoms with van der Waals surface area (Å²) in [5, 5.41) is 11.0. The van der Waals surface area contributed by atoms with Gasteiger partial charge in [0.15, 0.2) is 23.6 Å². The number of hydrogen-bond acceptors (Lipinski definition) is 12. The van der Waals surface area contributed by atoms with Gasteiger partial charge >= 0.3 is 12.1 Å². The van der Waals surface area contributed by atoms with E-state index in [2.05, 4.69) is 21.3 Å². The molecule has 1 aromatic rings. The largest absolute Gasteiger partial charge is 0.444 e. The molecule has 7 amide bonds. The molecule has 2 fully saturated rings. The number of ether oxygens (including phenoxy) is 4. The highest BCUT2D eigenvalue weighted by Crippen LogP contribution is 2.38. The molecule has 1 aromatic carbocycles. The minimum absolute atomic E-state index is 0.00195. The number of hydrogen-bond donors (Lipinski definition) is 5. The van der Waals surface area contributed by atoms with Gasteiger partial charge in [-0.2, -0.15) is 0 Å². The summed E-state index contributed by atoms with van der Waals surface area (Å²) in [5.74, 6) is -4.73. The fourth-order valence-electron chi connectivity index (χ4n) is 7.25. The quantitative estimate of drug-likeness (QED) is 0.0834. The lowest BCUT2D eigenvalue weighted by Gasteiger charge is -2.28. The Balaban J connectivity index is 1.38. The van der Waals surface area contributed by atoms with E-state index >= 15 is 0 Å². The second-order valence-electron chi connectivity index (χ2n) is 17.4. The number of unbranched alkanes of at least 4 members (excludes halogenated alkanes) is 1. The summed E-state index contributed by atoms with van der Waals surface area (Å²) < 4.78 is 23.2. The van der Waals surface area contributed by atoms with E-state index in [0.29, 0.717) is 37.8 Å². The van der Waals surface area contributed by atoms with Crippen LogP contribution in [-0.2, 0) is 60.6 Å². The van der Waals surface area contributed by atoms with Crippen LogP contribution in [0.25, 0.3) is 0 Å². The van der Waals surface area contributed by atoms with Gasteiger partial charge < -0.3 is 45.9 Å². The number of imide groups is 1. The summed E-state index contributed by atoms with van der Waals surface area (Å²) >= 11 is 0. The second-order valence-corrected chi connectivity index (χ2v) is 17.4. The van der Waals surface area contributed by atoms with E-state index < -0.39 is 89.4 Å². The predicted molar refractivity (Wildman–Crippen MR) is 220 cm³/mol. The van der Waals surface area contributed by atoms with Crippen molar-refractivity contribution in [2.45, 2.75) is 142 Å². The summed E-state index contributed by atoms with van der Waals surface area (Å²) in [6.45, 7) is 13.0. The van der Waals surface area contributed by atoms with Crippen molar-refractivity contribution in [2.75, 3.05) is 19.6 Å². The van der Waals surface area contributed by atoms with Crippen LogP contribution in [0, 0.1) is 11.8 Å². The third-order valence-corrected chi connectivity index (χ3v) is 10.3. The highest BCUT2D eigenvalue weighted by Gasteiger charge is 2.57. The Morgan fingerprint density at radius 1 is 0.902 bits per heavy atom. The standard InChI is InChI=1S/C43H62N6O12/c1-25(2)28(24-31(51)36-35(37-39(58-36)60-43(6,7)59-37)48-32(52)12-8-9-22-49-33(53)17-18-34(49)54)38(55)47-29(11-10-20-45-40(44)56)30(50)23-27-15-13-26(14-16-27)19-21-46-41(57)61-42(3,4)5/h13-18,25,28-29,35-37,39H,8-12,19-24H2,1-7H3,(H,46,57)(H,47,55)(H,48,52)(H3,44,45,56)/t28-,29?,35?,36?,37?,39?/m1/s1. The third kappa shape index (κ3) is 15.0. The summed E-state index contributed by atoms with van der Waals surface area (Å²) in [5.41, 5.74) is 6.25. The molecule has 18 heteroatoms. The van der Waals surface area contributed by atoms with E-state index in [4.69, 9.17) is 24.7 Å². The number of primary amides is 1. The van der Waals surface area contributed by atoms with Crippen LogP contribution >= 0.6 is 0 Å². The van der Waals surface area contributed by atoms with Crippen LogP contribution in [0.2, 0.25) is 0 Å². The van der Waals surface area contributed by atoms with E-state index in [1.807, 2.05) is 12.1 Å². The number of urea groups is 1. The number of Topliss-reactive ketones (excluding diaryl/α,β-unsaturated/α-hetero) is 2. The molecule has 3 aliphatic heterocycles. The summed E-state index contributed by atoms with van der Waals surface area (Å²) in [6.07, 6.45) is 0.495. The Hall–Kier alpha value is -5.20. The van der Waals surface area contributed by atoms with Crippen molar-refractivity contribution in [2.24, 2.45) is 17.6 Å². The molecule has 2 saturated heterocycles. The van der Waals surface area contributed by atoms with Gasteiger partial charge in [0.25, 0.3) is 11.8 Å². The molecule has 5 unspecified atom stereocenters. The summed E-state index contributed by atoms with van der Waals surface area (Å²) in [6, 6.07) is 4.72. The molecule has 6 N–H and O–H groups in total. The predicted octanol–water partition coefficient (Wildman–Crippen LogP) is 2.49. The first-order valence-electron chi connectivity index (χ1n) is 20.9. The van der Waals surface area contributed by atoms with Crippen LogP contribution in [0.3, 0.4) is 0 Å². The smallest absolute Gasteiger partial charge is 0.407 e. The number of nitrogens with one attached hydrogen (secondary N) is 4. The molecule has 6 atom stereocenters. The molecule has 336 valence electrons. The first kappa shape index (κ1) is 48.5. The molecule has 61 heavy (non-hydrogen) atoms. The number of rotatable bonds is 22. The lowest BCUT2D eigenvalue weighted by atomic mass is 9.86. The van der Waals surface area contributed by atoms with Crippen LogP contribution in [0.1, 0.15) is 98.1 Å². The average Bonchev–Trinajstić information content (AvgIpc) is 3.77. The number of ketones is 2. The van der Waals surface area contributed by atoms with Gasteiger partial charge in [0, 0.05) is 57.0 Å². The minimum atomic E-state index is -1.21. The highest BCUT2D eigenvalue weighted by atomic mass is 16.8. The molecule has 0 bridgehead atoms. The van der Waals surface area contributed by atoms with Gasteiger partial charge in [-0.15, -0.1) is 0 Å². The number of carbonyl (C=O) groups is 8. The highest BCUT2D eigenvalue weighted by molar-refractivity contribution is 6.12. The van der Waals surface area contributed by atoms with Crippen molar-refractivity contribution in [1.29, 1.82) is 0 Å². The lowest BCUT2D eigenvalue weighted by Crippen LogP contribution is -2.51. The molecule has 3 heterocycles. The maximum Gasteiger partial charge on any atom is 0.407 e. The van der Waals surface area contributed by atoms with Crippen LogP contribution in [0.15, 0.2) is 36.4 Å². The fourth-order valence-corrected chi connectivity index (χ4v) is 7.25. The number of benzene rings is 1. The molecule has 3 aliphatic rings. The minimum Gasteiger partial charge on any atom is -0.444 e. The van der Waals surface area contributed by atoms with Gasteiger partial charge in [-0.1, -0.05) is 38.1 Å². The van der Waals surface area contributed by atoms with Crippen molar-refractivity contribution >= 4 is 47.3 Å². The molecular weight excluding hydrogens is 793 g/mol. The Morgan fingerprint density at radius 2 is 1.56 bits per heavy atom. The Morgan fingerprint density at radius 3 is 2.18 bits per heavy atom. The van der Waals surface area contributed by atoms with Gasteiger partial charge in [-0.25, -0.2) is 9.59 Å². The monoisotopic (exact) mass is 854 g/mol. The van der Waals surface area contributed by atoms with Crippen LogP contribution in [0.5, 0.6) is 0 Å². The maximum absolute atomic E-state index is 14.0. The number of carbonyl (C=O) groups excluding carboxylic acids is 8. The number of alkyl carbamates (subject to hydrolysis) is 1. The number of amides is 7. The first-order valence-corrected chi connectivity index (χ1v) is 20.9. The number of nitrogens with zero attached hydrogens (tertiary/aromatic N) is 1. The Bertz CT molecular complexity index is 1790. The molecular formula is C43H62N6O12. The molecule has 0 spiro atoms. The van der Waals surface area contributed by atoms with E-state index in [0.717, 1.165) is 10.5 Å². The van der Waals surface area contributed by atoms with Crippen LogP contribution < -0.4 is 27.0 Å². The van der Waals surface area contributed by atoms with Gasteiger partial charge in [0.1, 0.15) is 17.8 Å². The van der Waals surface area contributed by atoms with Crippen molar-refractivity contribution < 1.29 is 57.3 Å². The van der Waals surface area contributed by atoms with E-state index in [1.54, 1.807) is 60.6 Å². The molecule has 0 radical (unpaired) electrons. The molecule has 0 aromatic heterocycles. The SMILES string of the molecule is CC(C)[C@@H](CC(=O)C1OC2OC(C)(C)OC2C1NC(=O)CCCCN1C(=O)C=CC1=O)C(=O)NC(CCCNC(N)=O)C(=O)Cc1ccc(CCNC(=O)OC(C)(C)C)cc1. The third-order valence-electron chi connectivity index (χ3n) is 10.3. The van der Waals surface area contributed by atoms with Crippen molar-refractivity contribution in [1.82, 2.24) is 26.2 Å². The normalized spacial score (nSPS) is 21.5. The topological polar surface area (TPSA) is 251 Å². The molecule has 4 rings (SSSR count). The summed E-state index contributed by atoms with van der Waals surface area (Å²) in [7, 11) is 0. The zero-order chi connectivity index (χ0) is 45.1. The van der Waals surface area contributed by atoms with Gasteiger partial charge in [-0.05, 0) is 83.8 Å². The zero-order valence-electron chi connectivity index (χ0n) is 36.2. The maximum atomic E-state index is 14.0. The van der Waals surface area contributed by atoms with E-state index in [1.165, 1.54) is 12.2 Å². The van der Waals surface area contributed by atoms with Gasteiger partial charge in [0.05, 0.1) is 12.1 Å². The Kier molecular flexibility index (Phi) is 17.1. The van der Waals surface area contributed by atoms with Crippen LogP contribution in [0.4, 0.5) is 9.59 Å². The van der Waals surface area contributed by atoms with Crippen molar-refractivity contribution in [3.05, 3.63) is 47.5 Å². The van der Waals surface area contributed by atoms with Crippen molar-refractivity contribution in [3.8, 4) is 0 Å². The lowest BCUT2D eigenvalue weighted by molar-refractivity contribution is -0.208. The van der Waals surface area contributed by atoms with E-state index in [-0.39, 0.29) is 50.5 Å². The zero-order valence-corrected chi connectivity index (χ0v) is 36.2. The molecule has 0 aliphatic carbocycles. The first-order chi connectivity index (χ1) is 28.6. The number of nitrogens with two attached hydrogens (primary N) is 1. The fraction of sp³-hybridized carbons (Fsp3) is 0.628. The summed E-state index contributed by atoms with van der Waals surface area (Å²) in [4.78, 5) is 103. The molecule has 0 saturated carbocycles. The average molecular weight is 855 g/mol.